The standard InChI is InChI=1S/C17H23NOSi/c1-18(16-8-3-2-4-9-16)20(19)13-15-12-11-14-7-5-6-10-17(14)15/h5-7,10-12,15-16H,2-4,8-9,13H2,1H3. The van der Waals surface area contributed by atoms with Crippen LogP contribution < -0.4 is 0 Å². The molecule has 1 unspecified atom stereocenters. The molecule has 2 nitrogen and oxygen atoms in total. The summed E-state index contributed by atoms with van der Waals surface area (Å²) >= 11 is 0. The predicted octanol–water partition coefficient (Wildman–Crippen LogP) is 3.98. The monoisotopic (exact) mass is 285 g/mol. The molecule has 0 N–H and O–H groups in total. The van der Waals surface area contributed by atoms with E-state index in [-0.39, 0.29) is 0 Å². The van der Waals surface area contributed by atoms with Crippen LogP contribution in [0.3, 0.4) is 0 Å². The molecule has 0 aromatic heterocycles. The lowest BCUT2D eigenvalue weighted by molar-refractivity contribution is 0.272. The minimum Gasteiger partial charge on any atom is -0.377 e. The van der Waals surface area contributed by atoms with Gasteiger partial charge in [-0.1, -0.05) is 55.7 Å². The van der Waals surface area contributed by atoms with Gasteiger partial charge < -0.3 is 9.03 Å². The van der Waals surface area contributed by atoms with Crippen molar-refractivity contribution in [3.63, 3.8) is 0 Å². The highest BCUT2D eigenvalue weighted by Crippen LogP contribution is 2.33. The first kappa shape index (κ1) is 13.7. The number of fused-ring (bicyclic) bond motifs is 1. The van der Waals surface area contributed by atoms with E-state index in [2.05, 4.69) is 48.0 Å². The van der Waals surface area contributed by atoms with Gasteiger partial charge in [0, 0.05) is 25.1 Å². The molecule has 1 aromatic carbocycles. The fourth-order valence-corrected chi connectivity index (χ4v) is 5.19. The molecule has 2 aliphatic carbocycles. The van der Waals surface area contributed by atoms with Crippen molar-refractivity contribution >= 4 is 14.9 Å². The van der Waals surface area contributed by atoms with Gasteiger partial charge in [-0.25, -0.2) is 0 Å². The van der Waals surface area contributed by atoms with Crippen LogP contribution in [0.1, 0.15) is 49.1 Å². The largest absolute Gasteiger partial charge is 0.395 e. The Hall–Kier alpha value is -1.22. The van der Waals surface area contributed by atoms with E-state index in [4.69, 9.17) is 0 Å². The maximum Gasteiger partial charge on any atom is 0.395 e. The van der Waals surface area contributed by atoms with Gasteiger partial charge in [0.15, 0.2) is 0 Å². The maximum absolute atomic E-state index is 12.7. The molecule has 0 bridgehead atoms. The average Bonchev–Trinajstić information content (AvgIpc) is 2.91. The molecular weight excluding hydrogens is 262 g/mol. The van der Waals surface area contributed by atoms with Gasteiger partial charge in [-0.15, -0.1) is 0 Å². The zero-order valence-corrected chi connectivity index (χ0v) is 13.2. The molecular formula is C17H23NOSi. The topological polar surface area (TPSA) is 20.3 Å². The van der Waals surface area contributed by atoms with Crippen LogP contribution >= 0.6 is 0 Å². The molecule has 1 aromatic rings. The van der Waals surface area contributed by atoms with Crippen molar-refractivity contribution in [1.29, 1.82) is 0 Å². The Morgan fingerprint density at radius 2 is 1.95 bits per heavy atom. The molecule has 1 fully saturated rings. The molecule has 1 saturated carbocycles. The number of hydrogen-bond donors (Lipinski definition) is 0. The molecule has 106 valence electrons. The minimum atomic E-state index is -1.66. The molecule has 0 spiro atoms. The second-order valence-electron chi connectivity index (χ2n) is 6.10. The summed E-state index contributed by atoms with van der Waals surface area (Å²) < 4.78 is 14.9. The van der Waals surface area contributed by atoms with Gasteiger partial charge in [-0.2, -0.15) is 0 Å². The van der Waals surface area contributed by atoms with Crippen molar-refractivity contribution in [2.45, 2.75) is 50.1 Å². The minimum absolute atomic E-state index is 0.351. The Morgan fingerprint density at radius 3 is 2.75 bits per heavy atom. The first-order valence-corrected chi connectivity index (χ1v) is 9.35. The summed E-state index contributed by atoms with van der Waals surface area (Å²) in [5, 5.41) is 0. The summed E-state index contributed by atoms with van der Waals surface area (Å²) in [6.45, 7) is 0. The van der Waals surface area contributed by atoms with Gasteiger partial charge >= 0.3 is 8.84 Å². The summed E-state index contributed by atoms with van der Waals surface area (Å²) in [4.78, 5) is 0. The Balaban J connectivity index is 1.63. The molecule has 20 heavy (non-hydrogen) atoms. The highest BCUT2D eigenvalue weighted by Gasteiger charge is 2.27. The molecule has 3 heteroatoms. The number of nitrogens with zero attached hydrogens (tertiary/aromatic N) is 1. The van der Waals surface area contributed by atoms with Gasteiger partial charge in [0.1, 0.15) is 0 Å². The van der Waals surface area contributed by atoms with E-state index in [0.29, 0.717) is 12.0 Å². The van der Waals surface area contributed by atoms with Crippen LogP contribution in [-0.2, 0) is 4.46 Å². The Labute approximate surface area is 123 Å². The third kappa shape index (κ3) is 2.78. The first-order chi connectivity index (χ1) is 9.75. The van der Waals surface area contributed by atoms with Crippen LogP contribution in [0.5, 0.6) is 0 Å². The van der Waals surface area contributed by atoms with Crippen LogP contribution in [0.4, 0.5) is 0 Å². The van der Waals surface area contributed by atoms with Gasteiger partial charge in [-0.3, -0.25) is 0 Å². The van der Waals surface area contributed by atoms with E-state index in [1.165, 1.54) is 43.2 Å². The van der Waals surface area contributed by atoms with Gasteiger partial charge in [0.05, 0.1) is 0 Å². The van der Waals surface area contributed by atoms with Crippen molar-refractivity contribution < 1.29 is 4.46 Å². The lowest BCUT2D eigenvalue weighted by Crippen LogP contribution is -2.40. The van der Waals surface area contributed by atoms with E-state index in [0.717, 1.165) is 6.04 Å². The summed E-state index contributed by atoms with van der Waals surface area (Å²) in [5.74, 6) is 0.351. The third-order valence-corrected chi connectivity index (χ3v) is 6.75. The molecule has 2 aliphatic rings. The lowest BCUT2D eigenvalue weighted by atomic mass is 9.96. The van der Waals surface area contributed by atoms with Crippen molar-refractivity contribution in [2.24, 2.45) is 0 Å². The summed E-state index contributed by atoms with van der Waals surface area (Å²) in [6.07, 6.45) is 10.8. The maximum atomic E-state index is 12.7. The normalized spacial score (nSPS) is 21.8. The number of allylic oxidation sites excluding steroid dienone is 1. The van der Waals surface area contributed by atoms with E-state index in [1.807, 2.05) is 0 Å². The van der Waals surface area contributed by atoms with E-state index >= 15 is 0 Å². The van der Waals surface area contributed by atoms with Crippen molar-refractivity contribution in [3.05, 3.63) is 41.5 Å². The molecule has 0 saturated heterocycles. The fourth-order valence-electron chi connectivity index (χ4n) is 3.51. The first-order valence-electron chi connectivity index (χ1n) is 7.78. The molecule has 0 aliphatic heterocycles. The molecule has 0 radical (unpaired) electrons. The van der Waals surface area contributed by atoms with E-state index in [1.54, 1.807) is 0 Å². The van der Waals surface area contributed by atoms with Crippen LogP contribution in [0.15, 0.2) is 30.3 Å². The van der Waals surface area contributed by atoms with Crippen molar-refractivity contribution in [1.82, 2.24) is 4.57 Å². The number of benzene rings is 1. The quantitative estimate of drug-likeness (QED) is 0.780. The van der Waals surface area contributed by atoms with E-state index < -0.39 is 8.84 Å². The highest BCUT2D eigenvalue weighted by molar-refractivity contribution is 6.39. The molecule has 0 heterocycles. The molecule has 0 amide bonds. The average molecular weight is 285 g/mol. The Bertz CT molecular complexity index is 519. The SMILES string of the molecule is CN(C1CCCCC1)[Si](=O)CC1C=Cc2ccccc21. The van der Waals surface area contributed by atoms with E-state index in [9.17, 15) is 4.46 Å². The molecule has 1 atom stereocenters. The molecule has 3 rings (SSSR count). The van der Waals surface area contributed by atoms with Gasteiger partial charge in [0.25, 0.3) is 0 Å². The predicted molar refractivity (Wildman–Crippen MR) is 84.1 cm³/mol. The van der Waals surface area contributed by atoms with Crippen LogP contribution in [0.2, 0.25) is 6.04 Å². The highest BCUT2D eigenvalue weighted by atomic mass is 28.3. The Morgan fingerprint density at radius 1 is 1.20 bits per heavy atom. The second kappa shape index (κ2) is 6.04. The van der Waals surface area contributed by atoms with Crippen LogP contribution in [0, 0.1) is 0 Å². The smallest absolute Gasteiger partial charge is 0.377 e. The number of rotatable bonds is 4. The Kier molecular flexibility index (Phi) is 4.15. The van der Waals surface area contributed by atoms with Gasteiger partial charge in [-0.05, 0) is 24.0 Å². The van der Waals surface area contributed by atoms with Gasteiger partial charge in [0.2, 0.25) is 0 Å². The zero-order chi connectivity index (χ0) is 13.9. The third-order valence-electron chi connectivity index (χ3n) is 4.81. The fraction of sp³-hybridized carbons (Fsp3) is 0.529. The number of hydrogen-bond acceptors (Lipinski definition) is 1. The second-order valence-corrected chi connectivity index (χ2v) is 8.00. The van der Waals surface area contributed by atoms with Crippen molar-refractivity contribution in [2.75, 3.05) is 7.05 Å². The van der Waals surface area contributed by atoms with Crippen molar-refractivity contribution in [3.8, 4) is 0 Å². The lowest BCUT2D eigenvalue weighted by Gasteiger charge is -2.31. The summed E-state index contributed by atoms with van der Waals surface area (Å²) in [6, 6.07) is 9.83. The summed E-state index contributed by atoms with van der Waals surface area (Å²) in [5.41, 5.74) is 2.65. The van der Waals surface area contributed by atoms with Crippen LogP contribution in [0.25, 0.3) is 6.08 Å². The van der Waals surface area contributed by atoms with Crippen LogP contribution in [-0.4, -0.2) is 26.5 Å². The zero-order valence-electron chi connectivity index (χ0n) is 12.2. The summed E-state index contributed by atoms with van der Waals surface area (Å²) in [7, 11) is 0.413.